The van der Waals surface area contributed by atoms with Gasteiger partial charge in [-0.25, -0.2) is 0 Å². The van der Waals surface area contributed by atoms with Crippen LogP contribution in [0.5, 0.6) is 17.5 Å². The van der Waals surface area contributed by atoms with Gasteiger partial charge in [0.05, 0.1) is 18.6 Å². The zero-order valence-corrected chi connectivity index (χ0v) is 33.0. The maximum absolute atomic E-state index is 11.7. The fraction of sp³-hybridized carbons (Fsp3) is 0.422. The molecule has 57 heavy (non-hydrogen) atoms. The maximum atomic E-state index is 11.7. The summed E-state index contributed by atoms with van der Waals surface area (Å²) in [6.45, 7) is 4.61. The molecular formula is C45H46ClN5O6. The second-order valence-electron chi connectivity index (χ2n) is 16.0. The Morgan fingerprint density at radius 2 is 1.86 bits per heavy atom. The summed E-state index contributed by atoms with van der Waals surface area (Å²) in [5, 5.41) is 26.8. The molecule has 3 aliphatic heterocycles. The highest BCUT2D eigenvalue weighted by molar-refractivity contribution is 6.31. The molecular weight excluding hydrogens is 742 g/mol. The predicted octanol–water partition coefficient (Wildman–Crippen LogP) is 7.10. The van der Waals surface area contributed by atoms with Crippen LogP contribution in [0.15, 0.2) is 48.5 Å². The number of hydrogen-bond acceptors (Lipinski definition) is 9. The van der Waals surface area contributed by atoms with Gasteiger partial charge in [0.1, 0.15) is 29.0 Å². The van der Waals surface area contributed by atoms with Gasteiger partial charge in [-0.3, -0.25) is 14.5 Å². The van der Waals surface area contributed by atoms with Crippen molar-refractivity contribution in [2.24, 2.45) is 5.92 Å². The van der Waals surface area contributed by atoms with E-state index in [4.69, 9.17) is 25.8 Å². The third-order valence-corrected chi connectivity index (χ3v) is 13.0. The molecule has 0 radical (unpaired) electrons. The van der Waals surface area contributed by atoms with Gasteiger partial charge in [0.15, 0.2) is 0 Å². The van der Waals surface area contributed by atoms with E-state index in [1.807, 2.05) is 6.07 Å². The molecule has 1 amide bonds. The van der Waals surface area contributed by atoms with Crippen LogP contribution in [-0.4, -0.2) is 59.7 Å². The van der Waals surface area contributed by atoms with Gasteiger partial charge < -0.3 is 30.0 Å². The number of amides is 1. The average molecular weight is 788 g/mol. The lowest BCUT2D eigenvalue weighted by atomic mass is 9.89. The highest BCUT2D eigenvalue weighted by Crippen LogP contribution is 2.49. The number of nitrogens with zero attached hydrogens (tertiary/aromatic N) is 3. The molecule has 12 heteroatoms. The van der Waals surface area contributed by atoms with Crippen LogP contribution < -0.4 is 24.8 Å². The van der Waals surface area contributed by atoms with Gasteiger partial charge in [-0.2, -0.15) is 10.2 Å². The van der Waals surface area contributed by atoms with Crippen LogP contribution in [0.3, 0.4) is 0 Å². The first-order valence-electron chi connectivity index (χ1n) is 20.0. The number of pyridine rings is 1. The highest BCUT2D eigenvalue weighted by Gasteiger charge is 2.40. The number of fused-ring (bicyclic) bond motifs is 3. The minimum absolute atomic E-state index is 0.0895. The lowest BCUT2D eigenvalue weighted by molar-refractivity contribution is -0.141. The average Bonchev–Trinajstić information content (AvgIpc) is 4.06. The Balaban J connectivity index is 0.930. The van der Waals surface area contributed by atoms with Crippen LogP contribution in [0.4, 0.5) is 0 Å². The van der Waals surface area contributed by atoms with Crippen LogP contribution in [0.25, 0.3) is 11.1 Å². The van der Waals surface area contributed by atoms with Crippen LogP contribution in [-0.2, 0) is 35.4 Å². The van der Waals surface area contributed by atoms with Gasteiger partial charge in [0.2, 0.25) is 17.7 Å². The number of methoxy groups -OCH3 is 1. The van der Waals surface area contributed by atoms with Crippen molar-refractivity contribution in [3.8, 4) is 34.7 Å². The van der Waals surface area contributed by atoms with E-state index in [9.17, 15) is 20.0 Å². The largest absolute Gasteiger partial charge is 0.484 e. The molecule has 1 aromatic heterocycles. The molecule has 5 aliphatic rings. The van der Waals surface area contributed by atoms with Gasteiger partial charge in [0, 0.05) is 50.1 Å². The SMILES string of the molecule is COc1nc(O[C@H]2CCc3c(-c4cccc(C5Cc6cc7c(c(C#N)c6O5)CC[C@H]7N5CC[C@@H](C(=O)O)C5)c4C)cccc32)c(Cl)cc1CNC[C@H]1CCC(=O)N1. The van der Waals surface area contributed by atoms with Crippen LogP contribution >= 0.6 is 11.6 Å². The molecule has 3 aromatic carbocycles. The second-order valence-corrected chi connectivity index (χ2v) is 16.4. The lowest BCUT2D eigenvalue weighted by Gasteiger charge is -2.25. The molecule has 0 spiro atoms. The molecule has 0 saturated carbocycles. The van der Waals surface area contributed by atoms with Crippen molar-refractivity contribution in [2.75, 3.05) is 26.7 Å². The summed E-state index contributed by atoms with van der Waals surface area (Å²) in [6.07, 6.45) is 5.55. The number of aliphatic carboxylic acids is 1. The summed E-state index contributed by atoms with van der Waals surface area (Å²) >= 11 is 6.77. The van der Waals surface area contributed by atoms with Crippen molar-refractivity contribution in [3.05, 3.63) is 104 Å². The van der Waals surface area contributed by atoms with Gasteiger partial charge in [-0.15, -0.1) is 0 Å². The Hall–Kier alpha value is -5.15. The Morgan fingerprint density at radius 1 is 1.05 bits per heavy atom. The summed E-state index contributed by atoms with van der Waals surface area (Å²) in [6, 6.07) is 19.6. The molecule has 11 nitrogen and oxygen atoms in total. The number of ether oxygens (including phenoxy) is 3. The van der Waals surface area contributed by atoms with Crippen molar-refractivity contribution in [3.63, 3.8) is 0 Å². The van der Waals surface area contributed by atoms with Gasteiger partial charge in [-0.05, 0) is 108 Å². The molecule has 3 N–H and O–H groups in total. The van der Waals surface area contributed by atoms with Crippen molar-refractivity contribution in [1.29, 1.82) is 5.26 Å². The number of aromatic nitrogens is 1. The fourth-order valence-electron chi connectivity index (χ4n) is 9.91. The first kappa shape index (κ1) is 37.4. The number of carboxylic acids is 1. The van der Waals surface area contributed by atoms with Gasteiger partial charge >= 0.3 is 5.97 Å². The summed E-state index contributed by atoms with van der Waals surface area (Å²) in [5.74, 6) is 0.499. The molecule has 2 saturated heterocycles. The molecule has 2 aliphatic carbocycles. The summed E-state index contributed by atoms with van der Waals surface area (Å²) in [4.78, 5) is 30.2. The Kier molecular flexibility index (Phi) is 10.1. The number of carbonyl (C=O) groups is 2. The fourth-order valence-corrected chi connectivity index (χ4v) is 10.1. The molecule has 294 valence electrons. The number of halogens is 1. The van der Waals surface area contributed by atoms with E-state index < -0.39 is 5.97 Å². The van der Waals surface area contributed by atoms with Gasteiger partial charge in [0.25, 0.3) is 0 Å². The van der Waals surface area contributed by atoms with Crippen molar-refractivity contribution >= 4 is 23.5 Å². The topological polar surface area (TPSA) is 146 Å². The van der Waals surface area contributed by atoms with Crippen molar-refractivity contribution in [1.82, 2.24) is 20.5 Å². The molecule has 0 bridgehead atoms. The zero-order valence-electron chi connectivity index (χ0n) is 32.2. The van der Waals surface area contributed by atoms with E-state index in [0.717, 1.165) is 88.7 Å². The van der Waals surface area contributed by atoms with Crippen LogP contribution in [0, 0.1) is 24.2 Å². The maximum Gasteiger partial charge on any atom is 0.307 e. The van der Waals surface area contributed by atoms with Crippen molar-refractivity contribution < 1.29 is 28.9 Å². The molecule has 9 rings (SSSR count). The molecule has 4 aromatic rings. The molecule has 2 fully saturated rings. The Morgan fingerprint density at radius 3 is 2.61 bits per heavy atom. The van der Waals surface area contributed by atoms with E-state index in [-0.39, 0.29) is 36.1 Å². The smallest absolute Gasteiger partial charge is 0.307 e. The number of likely N-dealkylation sites (tertiary alicyclic amines) is 1. The first-order valence-corrected chi connectivity index (χ1v) is 20.4. The van der Waals surface area contributed by atoms with E-state index in [1.165, 1.54) is 5.56 Å². The van der Waals surface area contributed by atoms with E-state index >= 15 is 0 Å². The second kappa shape index (κ2) is 15.3. The molecule has 4 heterocycles. The van der Waals surface area contributed by atoms with Crippen LogP contribution in [0.2, 0.25) is 5.02 Å². The van der Waals surface area contributed by atoms with Crippen molar-refractivity contribution in [2.45, 2.75) is 89.1 Å². The predicted molar refractivity (Wildman–Crippen MR) is 214 cm³/mol. The quantitative estimate of drug-likeness (QED) is 0.144. The number of rotatable bonds is 11. The third-order valence-electron chi connectivity index (χ3n) is 12.8. The van der Waals surface area contributed by atoms with E-state index in [2.05, 4.69) is 76.0 Å². The zero-order chi connectivity index (χ0) is 39.4. The highest BCUT2D eigenvalue weighted by atomic mass is 35.5. The standard InChI is InChI=1S/C45H46ClN5O6/c1-24-29(5-3-6-30(24)40-19-26-17-35-33(36(20-47)42(26)56-40)10-12-38(35)51-16-15-25(23-51)45(53)54)31-7-4-8-34-32(31)11-13-39(34)57-44-37(46)18-27(43(50-44)55-2)21-48-22-28-9-14-41(52)49-28/h3-8,17-18,25,28,38-40,48H,9-16,19,21-23H2,1-2H3,(H,49,52)(H,53,54)/t25-,28-,38-,39+,40?/m1/s1. The lowest BCUT2D eigenvalue weighted by Crippen LogP contribution is -2.35. The minimum atomic E-state index is -0.729. The van der Waals surface area contributed by atoms with E-state index in [1.54, 1.807) is 7.11 Å². The van der Waals surface area contributed by atoms with E-state index in [0.29, 0.717) is 67.0 Å². The number of hydrogen-bond donors (Lipinski definition) is 3. The number of carboxylic acid groups (broad SMARTS) is 1. The number of carbonyl (C=O) groups excluding carboxylic acids is 1. The molecule has 5 atom stereocenters. The van der Waals surface area contributed by atoms with Gasteiger partial charge in [-0.1, -0.05) is 54.1 Å². The number of nitriles is 1. The first-order chi connectivity index (χ1) is 27.7. The Bertz CT molecular complexity index is 2320. The normalized spacial score (nSPS) is 23.4. The molecule has 1 unspecified atom stereocenters. The third kappa shape index (κ3) is 6.88. The Labute approximate surface area is 337 Å². The minimum Gasteiger partial charge on any atom is -0.484 e. The summed E-state index contributed by atoms with van der Waals surface area (Å²) < 4.78 is 18.9. The number of benzene rings is 3. The number of nitrogens with one attached hydrogen (secondary N) is 2. The monoisotopic (exact) mass is 787 g/mol. The summed E-state index contributed by atoms with van der Waals surface area (Å²) in [7, 11) is 1.59. The van der Waals surface area contributed by atoms with Crippen LogP contribution in [0.1, 0.15) is 100 Å². The summed E-state index contributed by atoms with van der Waals surface area (Å²) in [5.41, 5.74) is 11.6.